The van der Waals surface area contributed by atoms with E-state index in [0.717, 1.165) is 25.7 Å². The smallest absolute Gasteiger partial charge is 0.251 e. The zero-order valence-electron chi connectivity index (χ0n) is 10.2. The van der Waals surface area contributed by atoms with Crippen LogP contribution in [-0.4, -0.2) is 18.0 Å². The molecule has 1 saturated carbocycles. The highest BCUT2D eigenvalue weighted by molar-refractivity contribution is 5.94. The fourth-order valence-corrected chi connectivity index (χ4v) is 2.23. The molecule has 0 unspecified atom stereocenters. The molecule has 0 heterocycles. The second-order valence-corrected chi connectivity index (χ2v) is 4.77. The number of carbonyl (C=O) groups is 1. The van der Waals surface area contributed by atoms with E-state index < -0.39 is 0 Å². The van der Waals surface area contributed by atoms with Gasteiger partial charge in [0.05, 0.1) is 11.6 Å². The SMILES string of the molecule is N#Cc1ccc(C(=O)NC2CCC(N)CC2)cc1. The van der Waals surface area contributed by atoms with Crippen LogP contribution in [0.5, 0.6) is 0 Å². The molecule has 1 aromatic carbocycles. The van der Waals surface area contributed by atoms with Gasteiger partial charge in [-0.25, -0.2) is 0 Å². The van der Waals surface area contributed by atoms with Crippen LogP contribution in [0.25, 0.3) is 0 Å². The Balaban J connectivity index is 1.93. The Hall–Kier alpha value is -1.86. The van der Waals surface area contributed by atoms with Crippen LogP contribution < -0.4 is 11.1 Å². The lowest BCUT2D eigenvalue weighted by Crippen LogP contribution is -2.40. The fraction of sp³-hybridized carbons (Fsp3) is 0.429. The van der Waals surface area contributed by atoms with Gasteiger partial charge in [0.25, 0.3) is 5.91 Å². The molecular weight excluding hydrogens is 226 g/mol. The van der Waals surface area contributed by atoms with Gasteiger partial charge >= 0.3 is 0 Å². The third-order valence-corrected chi connectivity index (χ3v) is 3.38. The van der Waals surface area contributed by atoms with Gasteiger partial charge in [-0.15, -0.1) is 0 Å². The number of carbonyl (C=O) groups excluding carboxylic acids is 1. The van der Waals surface area contributed by atoms with Crippen molar-refractivity contribution in [3.63, 3.8) is 0 Å². The number of nitriles is 1. The monoisotopic (exact) mass is 243 g/mol. The predicted molar refractivity (Wildman–Crippen MR) is 68.9 cm³/mol. The van der Waals surface area contributed by atoms with Gasteiger partial charge in [0, 0.05) is 17.6 Å². The molecule has 3 N–H and O–H groups in total. The molecular formula is C14H17N3O. The maximum absolute atomic E-state index is 12.0. The molecule has 94 valence electrons. The van der Waals surface area contributed by atoms with Gasteiger partial charge in [-0.1, -0.05) is 0 Å². The number of hydrogen-bond acceptors (Lipinski definition) is 3. The number of nitrogens with one attached hydrogen (secondary N) is 1. The molecule has 4 heteroatoms. The van der Waals surface area contributed by atoms with Crippen LogP contribution in [0.2, 0.25) is 0 Å². The third kappa shape index (κ3) is 3.08. The second-order valence-electron chi connectivity index (χ2n) is 4.77. The number of rotatable bonds is 2. The molecule has 1 aliphatic carbocycles. The average molecular weight is 243 g/mol. The summed E-state index contributed by atoms with van der Waals surface area (Å²) in [5.41, 5.74) is 6.99. The highest BCUT2D eigenvalue weighted by Crippen LogP contribution is 2.17. The van der Waals surface area contributed by atoms with Crippen molar-refractivity contribution < 1.29 is 4.79 Å². The summed E-state index contributed by atoms with van der Waals surface area (Å²) in [6, 6.07) is 9.23. The third-order valence-electron chi connectivity index (χ3n) is 3.38. The van der Waals surface area contributed by atoms with Crippen LogP contribution in [-0.2, 0) is 0 Å². The first kappa shape index (κ1) is 12.6. The molecule has 1 fully saturated rings. The van der Waals surface area contributed by atoms with E-state index >= 15 is 0 Å². The minimum atomic E-state index is -0.0695. The van der Waals surface area contributed by atoms with Crippen molar-refractivity contribution in [2.75, 3.05) is 0 Å². The van der Waals surface area contributed by atoms with Gasteiger partial charge in [0.15, 0.2) is 0 Å². The Labute approximate surface area is 107 Å². The summed E-state index contributed by atoms with van der Waals surface area (Å²) >= 11 is 0. The first-order valence-electron chi connectivity index (χ1n) is 6.25. The molecule has 0 atom stereocenters. The molecule has 0 spiro atoms. The lowest BCUT2D eigenvalue weighted by molar-refractivity contribution is 0.0926. The fourth-order valence-electron chi connectivity index (χ4n) is 2.23. The highest BCUT2D eigenvalue weighted by Gasteiger charge is 2.20. The zero-order valence-corrected chi connectivity index (χ0v) is 10.2. The van der Waals surface area contributed by atoms with Crippen molar-refractivity contribution in [2.24, 2.45) is 5.73 Å². The summed E-state index contributed by atoms with van der Waals surface area (Å²) < 4.78 is 0. The van der Waals surface area contributed by atoms with E-state index in [-0.39, 0.29) is 18.0 Å². The maximum atomic E-state index is 12.0. The number of nitrogens with zero attached hydrogens (tertiary/aromatic N) is 1. The molecule has 0 saturated heterocycles. The van der Waals surface area contributed by atoms with Crippen LogP contribution >= 0.6 is 0 Å². The van der Waals surface area contributed by atoms with E-state index in [1.54, 1.807) is 24.3 Å². The van der Waals surface area contributed by atoms with E-state index in [1.165, 1.54) is 0 Å². The van der Waals surface area contributed by atoms with E-state index in [1.807, 2.05) is 6.07 Å². The van der Waals surface area contributed by atoms with Gasteiger partial charge in [0.1, 0.15) is 0 Å². The van der Waals surface area contributed by atoms with Crippen molar-refractivity contribution in [1.82, 2.24) is 5.32 Å². The average Bonchev–Trinajstić information content (AvgIpc) is 2.41. The standard InChI is InChI=1S/C14H17N3O/c15-9-10-1-3-11(4-2-10)14(18)17-13-7-5-12(16)6-8-13/h1-4,12-13H,5-8,16H2,(H,17,18). The molecule has 0 bridgehead atoms. The van der Waals surface area contributed by atoms with Gasteiger partial charge in [-0.3, -0.25) is 4.79 Å². The number of nitrogens with two attached hydrogens (primary N) is 1. The first-order chi connectivity index (χ1) is 8.69. The van der Waals surface area contributed by atoms with Crippen molar-refractivity contribution in [3.8, 4) is 6.07 Å². The second kappa shape index (κ2) is 5.65. The minimum Gasteiger partial charge on any atom is -0.349 e. The molecule has 0 aromatic heterocycles. The number of benzene rings is 1. The molecule has 4 nitrogen and oxygen atoms in total. The van der Waals surface area contributed by atoms with Crippen molar-refractivity contribution in [3.05, 3.63) is 35.4 Å². The van der Waals surface area contributed by atoms with Crippen LogP contribution in [0.15, 0.2) is 24.3 Å². The lowest BCUT2D eigenvalue weighted by atomic mass is 9.91. The van der Waals surface area contributed by atoms with E-state index in [2.05, 4.69) is 5.32 Å². The predicted octanol–water partition coefficient (Wildman–Crippen LogP) is 1.56. The van der Waals surface area contributed by atoms with E-state index in [4.69, 9.17) is 11.0 Å². The van der Waals surface area contributed by atoms with E-state index in [0.29, 0.717) is 11.1 Å². The Morgan fingerprint density at radius 2 is 1.83 bits per heavy atom. The Bertz CT molecular complexity index is 453. The summed E-state index contributed by atoms with van der Waals surface area (Å²) in [6.07, 6.45) is 3.84. The maximum Gasteiger partial charge on any atom is 0.251 e. The molecule has 1 aromatic rings. The summed E-state index contributed by atoms with van der Waals surface area (Å²) in [4.78, 5) is 12.0. The first-order valence-corrected chi connectivity index (χ1v) is 6.25. The van der Waals surface area contributed by atoms with Gasteiger partial charge < -0.3 is 11.1 Å². The van der Waals surface area contributed by atoms with Gasteiger partial charge in [0.2, 0.25) is 0 Å². The molecule has 0 aliphatic heterocycles. The van der Waals surface area contributed by atoms with Crippen molar-refractivity contribution >= 4 is 5.91 Å². The summed E-state index contributed by atoms with van der Waals surface area (Å²) in [5.74, 6) is -0.0695. The Morgan fingerprint density at radius 3 is 2.39 bits per heavy atom. The molecule has 1 aliphatic rings. The van der Waals surface area contributed by atoms with Crippen molar-refractivity contribution in [2.45, 2.75) is 37.8 Å². The quantitative estimate of drug-likeness (QED) is 0.827. The normalized spacial score (nSPS) is 23.1. The topological polar surface area (TPSA) is 78.9 Å². The number of amides is 1. The van der Waals surface area contributed by atoms with E-state index in [9.17, 15) is 4.79 Å². The summed E-state index contributed by atoms with van der Waals surface area (Å²) in [5, 5.41) is 11.7. The van der Waals surface area contributed by atoms with Gasteiger partial charge in [-0.05, 0) is 49.9 Å². The van der Waals surface area contributed by atoms with Crippen molar-refractivity contribution in [1.29, 1.82) is 5.26 Å². The summed E-state index contributed by atoms with van der Waals surface area (Å²) in [7, 11) is 0. The summed E-state index contributed by atoms with van der Waals surface area (Å²) in [6.45, 7) is 0. The molecule has 2 rings (SSSR count). The largest absolute Gasteiger partial charge is 0.349 e. The zero-order chi connectivity index (χ0) is 13.0. The van der Waals surface area contributed by atoms with Crippen LogP contribution in [0.4, 0.5) is 0 Å². The van der Waals surface area contributed by atoms with Crippen LogP contribution in [0.3, 0.4) is 0 Å². The Morgan fingerprint density at radius 1 is 1.22 bits per heavy atom. The molecule has 18 heavy (non-hydrogen) atoms. The molecule has 0 radical (unpaired) electrons. The number of hydrogen-bond donors (Lipinski definition) is 2. The van der Waals surface area contributed by atoms with Gasteiger partial charge in [-0.2, -0.15) is 5.26 Å². The lowest BCUT2D eigenvalue weighted by Gasteiger charge is -2.26. The molecule has 1 amide bonds. The van der Waals surface area contributed by atoms with Crippen LogP contribution in [0, 0.1) is 11.3 Å². The highest BCUT2D eigenvalue weighted by atomic mass is 16.1. The Kier molecular flexibility index (Phi) is 3.96. The van der Waals surface area contributed by atoms with Crippen LogP contribution in [0.1, 0.15) is 41.6 Å². The minimum absolute atomic E-state index is 0.0695.